The molecule has 5 N–H and O–H groups in total. The van der Waals surface area contributed by atoms with E-state index in [1.165, 1.54) is 12.1 Å². The topological polar surface area (TPSA) is 139 Å². The van der Waals surface area contributed by atoms with Gasteiger partial charge in [0.2, 0.25) is 0 Å². The highest BCUT2D eigenvalue weighted by Crippen LogP contribution is 2.27. The van der Waals surface area contributed by atoms with Crippen molar-refractivity contribution in [1.82, 2.24) is 5.32 Å². The molecule has 0 atom stereocenters. The number of benzene rings is 2. The molecule has 1 aliphatic carbocycles. The van der Waals surface area contributed by atoms with Crippen LogP contribution in [0.1, 0.15) is 28.8 Å². The second kappa shape index (κ2) is 7.73. The van der Waals surface area contributed by atoms with Gasteiger partial charge in [-0.3, -0.25) is 14.9 Å². The third-order valence-corrected chi connectivity index (χ3v) is 4.07. The van der Waals surface area contributed by atoms with Crippen LogP contribution in [0.25, 0.3) is 0 Å². The third kappa shape index (κ3) is 4.94. The SMILES string of the molecule is NC(=O)Nc1ccc(CNc2ccc(C(=O)NC3CC3)cc2[N+](=O)[O-])cc1. The molecule has 3 amide bonds. The van der Waals surface area contributed by atoms with E-state index in [1.54, 1.807) is 30.3 Å². The Morgan fingerprint density at radius 1 is 1.15 bits per heavy atom. The van der Waals surface area contributed by atoms with Crippen molar-refractivity contribution < 1.29 is 14.5 Å². The van der Waals surface area contributed by atoms with Gasteiger partial charge in [0.1, 0.15) is 5.69 Å². The second-order valence-electron chi connectivity index (χ2n) is 6.28. The molecular formula is C18H19N5O4. The van der Waals surface area contributed by atoms with Crippen molar-refractivity contribution in [2.75, 3.05) is 10.6 Å². The lowest BCUT2D eigenvalue weighted by Gasteiger charge is -2.10. The minimum absolute atomic E-state index is 0.162. The Hall–Kier alpha value is -3.62. The van der Waals surface area contributed by atoms with Gasteiger partial charge < -0.3 is 21.7 Å². The molecule has 140 valence electrons. The number of nitro groups is 1. The Bertz CT molecular complexity index is 878. The number of urea groups is 1. The average molecular weight is 369 g/mol. The number of amides is 3. The maximum atomic E-state index is 12.1. The molecule has 0 spiro atoms. The van der Waals surface area contributed by atoms with E-state index in [2.05, 4.69) is 16.0 Å². The summed E-state index contributed by atoms with van der Waals surface area (Å²) in [6, 6.07) is 10.8. The molecule has 0 aliphatic heterocycles. The predicted molar refractivity (Wildman–Crippen MR) is 101 cm³/mol. The number of nitro benzene ring substituents is 1. The molecule has 1 aliphatic rings. The lowest BCUT2D eigenvalue weighted by Crippen LogP contribution is -2.25. The van der Waals surface area contributed by atoms with Crippen LogP contribution >= 0.6 is 0 Å². The molecule has 9 nitrogen and oxygen atoms in total. The first kappa shape index (κ1) is 18.2. The highest BCUT2D eigenvalue weighted by Gasteiger charge is 2.25. The van der Waals surface area contributed by atoms with E-state index in [-0.39, 0.29) is 23.2 Å². The van der Waals surface area contributed by atoms with Gasteiger partial charge in [-0.2, -0.15) is 0 Å². The van der Waals surface area contributed by atoms with Crippen LogP contribution in [0.2, 0.25) is 0 Å². The number of hydrogen-bond acceptors (Lipinski definition) is 5. The first-order chi connectivity index (χ1) is 12.9. The van der Waals surface area contributed by atoms with E-state index in [4.69, 9.17) is 5.73 Å². The van der Waals surface area contributed by atoms with Gasteiger partial charge in [0.15, 0.2) is 0 Å². The van der Waals surface area contributed by atoms with Crippen LogP contribution in [-0.2, 0) is 6.54 Å². The zero-order chi connectivity index (χ0) is 19.4. The number of carbonyl (C=O) groups is 2. The monoisotopic (exact) mass is 369 g/mol. The summed E-state index contributed by atoms with van der Waals surface area (Å²) in [5, 5.41) is 19.6. The van der Waals surface area contributed by atoms with Gasteiger partial charge in [-0.05, 0) is 42.7 Å². The number of anilines is 2. The van der Waals surface area contributed by atoms with Crippen LogP contribution in [0, 0.1) is 10.1 Å². The number of nitrogens with one attached hydrogen (secondary N) is 3. The van der Waals surface area contributed by atoms with Crippen LogP contribution in [0.3, 0.4) is 0 Å². The summed E-state index contributed by atoms with van der Waals surface area (Å²) < 4.78 is 0. The summed E-state index contributed by atoms with van der Waals surface area (Å²) in [6.45, 7) is 0.339. The van der Waals surface area contributed by atoms with Crippen LogP contribution in [-0.4, -0.2) is 22.9 Å². The lowest BCUT2D eigenvalue weighted by molar-refractivity contribution is -0.384. The molecule has 3 rings (SSSR count). The molecule has 9 heteroatoms. The minimum atomic E-state index is -0.651. The maximum Gasteiger partial charge on any atom is 0.316 e. The van der Waals surface area contributed by atoms with Crippen molar-refractivity contribution in [3.05, 3.63) is 63.7 Å². The number of hydrogen-bond donors (Lipinski definition) is 4. The molecule has 0 aromatic heterocycles. The van der Waals surface area contributed by atoms with E-state index in [9.17, 15) is 19.7 Å². The molecule has 2 aromatic rings. The van der Waals surface area contributed by atoms with Gasteiger partial charge in [0, 0.05) is 29.9 Å². The lowest BCUT2D eigenvalue weighted by atomic mass is 10.1. The normalized spacial score (nSPS) is 12.9. The number of carbonyl (C=O) groups excluding carboxylic acids is 2. The van der Waals surface area contributed by atoms with Gasteiger partial charge >= 0.3 is 6.03 Å². The van der Waals surface area contributed by atoms with E-state index in [0.717, 1.165) is 18.4 Å². The highest BCUT2D eigenvalue weighted by molar-refractivity contribution is 5.96. The van der Waals surface area contributed by atoms with Crippen molar-refractivity contribution in [3.8, 4) is 0 Å². The van der Waals surface area contributed by atoms with Crippen LogP contribution in [0.5, 0.6) is 0 Å². The molecule has 1 fully saturated rings. The zero-order valence-corrected chi connectivity index (χ0v) is 14.4. The van der Waals surface area contributed by atoms with Crippen LogP contribution in [0.15, 0.2) is 42.5 Å². The number of primary amides is 1. The fraction of sp³-hybridized carbons (Fsp3) is 0.222. The largest absolute Gasteiger partial charge is 0.375 e. The first-order valence-electron chi connectivity index (χ1n) is 8.41. The third-order valence-electron chi connectivity index (χ3n) is 4.07. The Kier molecular flexibility index (Phi) is 5.20. The van der Waals surface area contributed by atoms with Gasteiger partial charge in [-0.25, -0.2) is 4.79 Å². The fourth-order valence-corrected chi connectivity index (χ4v) is 2.52. The summed E-state index contributed by atoms with van der Waals surface area (Å²) in [4.78, 5) is 33.7. The van der Waals surface area contributed by atoms with Crippen molar-refractivity contribution >= 4 is 29.0 Å². The first-order valence-corrected chi connectivity index (χ1v) is 8.41. The van der Waals surface area contributed by atoms with Gasteiger partial charge in [0.05, 0.1) is 4.92 Å². The molecule has 0 radical (unpaired) electrons. The molecule has 0 heterocycles. The minimum Gasteiger partial charge on any atom is -0.375 e. The fourth-order valence-electron chi connectivity index (χ4n) is 2.52. The number of nitrogens with two attached hydrogens (primary N) is 1. The Labute approximate surface area is 155 Å². The number of nitrogens with zero attached hydrogens (tertiary/aromatic N) is 1. The van der Waals surface area contributed by atoms with Crippen molar-refractivity contribution in [3.63, 3.8) is 0 Å². The van der Waals surface area contributed by atoms with Gasteiger partial charge in [-0.15, -0.1) is 0 Å². The molecule has 1 saturated carbocycles. The molecule has 0 bridgehead atoms. The summed E-state index contributed by atoms with van der Waals surface area (Å²) >= 11 is 0. The van der Waals surface area contributed by atoms with Crippen molar-refractivity contribution in [2.24, 2.45) is 5.73 Å². The smallest absolute Gasteiger partial charge is 0.316 e. The van der Waals surface area contributed by atoms with Crippen LogP contribution in [0.4, 0.5) is 21.9 Å². The molecule has 0 saturated heterocycles. The molecule has 27 heavy (non-hydrogen) atoms. The standard InChI is InChI=1S/C18H19N5O4/c19-18(25)22-14-4-1-11(2-5-14)10-20-15-8-3-12(9-16(15)23(26)27)17(24)21-13-6-7-13/h1-5,8-9,13,20H,6-7,10H2,(H,21,24)(H3,19,22,25). The summed E-state index contributed by atoms with van der Waals surface area (Å²) in [7, 11) is 0. The van der Waals surface area contributed by atoms with Crippen LogP contribution < -0.4 is 21.7 Å². The molecule has 0 unspecified atom stereocenters. The predicted octanol–water partition coefficient (Wildman–Crippen LogP) is 2.59. The van der Waals surface area contributed by atoms with Gasteiger partial charge in [0.25, 0.3) is 11.6 Å². The average Bonchev–Trinajstić information content (AvgIpc) is 3.44. The quantitative estimate of drug-likeness (QED) is 0.439. The van der Waals surface area contributed by atoms with E-state index >= 15 is 0 Å². The van der Waals surface area contributed by atoms with E-state index in [0.29, 0.717) is 17.9 Å². The van der Waals surface area contributed by atoms with E-state index < -0.39 is 11.0 Å². The zero-order valence-electron chi connectivity index (χ0n) is 14.4. The Morgan fingerprint density at radius 2 is 1.85 bits per heavy atom. The Balaban J connectivity index is 1.69. The maximum absolute atomic E-state index is 12.1. The van der Waals surface area contributed by atoms with Crippen molar-refractivity contribution in [1.29, 1.82) is 0 Å². The second-order valence-corrected chi connectivity index (χ2v) is 6.28. The van der Waals surface area contributed by atoms with Gasteiger partial charge in [-0.1, -0.05) is 12.1 Å². The highest BCUT2D eigenvalue weighted by atomic mass is 16.6. The van der Waals surface area contributed by atoms with Crippen molar-refractivity contribution in [2.45, 2.75) is 25.4 Å². The molecule has 2 aromatic carbocycles. The van der Waals surface area contributed by atoms with E-state index in [1.807, 2.05) is 0 Å². The Morgan fingerprint density at radius 3 is 2.44 bits per heavy atom. The summed E-state index contributed by atoms with van der Waals surface area (Å²) in [6.07, 6.45) is 1.89. The number of rotatable bonds is 7. The summed E-state index contributed by atoms with van der Waals surface area (Å²) in [5.41, 5.74) is 6.89. The molecular weight excluding hydrogens is 350 g/mol. The summed E-state index contributed by atoms with van der Waals surface area (Å²) in [5.74, 6) is -0.301.